The van der Waals surface area contributed by atoms with Gasteiger partial charge in [0, 0.05) is 4.47 Å². The third-order valence-corrected chi connectivity index (χ3v) is 3.48. The maximum atomic E-state index is 11.4. The number of hydrogen-bond donors (Lipinski definition) is 1. The Kier molecular flexibility index (Phi) is 4.04. The fourth-order valence-corrected chi connectivity index (χ4v) is 2.53. The maximum Gasteiger partial charge on any atom is 0.339 e. The summed E-state index contributed by atoms with van der Waals surface area (Å²) in [6.45, 7) is 3.86. The van der Waals surface area contributed by atoms with Crippen LogP contribution in [0.25, 0.3) is 5.69 Å². The molecule has 1 N–H and O–H groups in total. The molecular formula is C14H15BrN2O2. The van der Waals surface area contributed by atoms with E-state index in [0.29, 0.717) is 24.1 Å². The number of aryl methyl sites for hydroxylation is 1. The Labute approximate surface area is 120 Å². The fraction of sp³-hybridized carbons (Fsp3) is 0.286. The largest absolute Gasteiger partial charge is 0.478 e. The van der Waals surface area contributed by atoms with Crippen LogP contribution in [0.2, 0.25) is 0 Å². The summed E-state index contributed by atoms with van der Waals surface area (Å²) in [4.78, 5) is 11.4. The van der Waals surface area contributed by atoms with Gasteiger partial charge in [-0.25, -0.2) is 9.48 Å². The average molecular weight is 323 g/mol. The molecule has 0 fully saturated rings. The van der Waals surface area contributed by atoms with Crippen molar-refractivity contribution in [3.63, 3.8) is 0 Å². The first-order valence-corrected chi connectivity index (χ1v) is 6.97. The highest BCUT2D eigenvalue weighted by Gasteiger charge is 2.21. The molecule has 19 heavy (non-hydrogen) atoms. The quantitative estimate of drug-likeness (QED) is 0.937. The predicted octanol–water partition coefficient (Wildman–Crippen LogP) is 3.46. The standard InChI is InChI=1S/C14H15BrN2O2/c1-3-11-13(14(18)19)12(4-2)17(16-11)10-7-5-6-9(15)8-10/h5-8H,3-4H2,1-2H3,(H,18,19). The molecule has 0 unspecified atom stereocenters. The Bertz CT molecular complexity index is 620. The summed E-state index contributed by atoms with van der Waals surface area (Å²) in [6, 6.07) is 7.68. The zero-order chi connectivity index (χ0) is 14.0. The van der Waals surface area contributed by atoms with Crippen LogP contribution >= 0.6 is 15.9 Å². The Morgan fingerprint density at radius 1 is 1.37 bits per heavy atom. The highest BCUT2D eigenvalue weighted by atomic mass is 79.9. The molecule has 0 spiro atoms. The number of rotatable bonds is 4. The van der Waals surface area contributed by atoms with Gasteiger partial charge in [-0.1, -0.05) is 35.8 Å². The van der Waals surface area contributed by atoms with Crippen molar-refractivity contribution >= 4 is 21.9 Å². The van der Waals surface area contributed by atoms with E-state index in [-0.39, 0.29) is 0 Å². The minimum absolute atomic E-state index is 0.338. The van der Waals surface area contributed by atoms with Gasteiger partial charge in [0.2, 0.25) is 0 Å². The van der Waals surface area contributed by atoms with E-state index < -0.39 is 5.97 Å². The highest BCUT2D eigenvalue weighted by Crippen LogP contribution is 2.22. The first-order valence-electron chi connectivity index (χ1n) is 6.18. The average Bonchev–Trinajstić information content (AvgIpc) is 2.77. The van der Waals surface area contributed by atoms with Crippen molar-refractivity contribution in [3.05, 3.63) is 45.7 Å². The van der Waals surface area contributed by atoms with Gasteiger partial charge in [-0.2, -0.15) is 5.10 Å². The van der Waals surface area contributed by atoms with Crippen molar-refractivity contribution in [2.45, 2.75) is 26.7 Å². The Morgan fingerprint density at radius 2 is 2.11 bits per heavy atom. The van der Waals surface area contributed by atoms with E-state index in [2.05, 4.69) is 21.0 Å². The lowest BCUT2D eigenvalue weighted by atomic mass is 10.1. The van der Waals surface area contributed by atoms with Gasteiger partial charge in [-0.05, 0) is 31.0 Å². The second kappa shape index (κ2) is 5.57. The third kappa shape index (κ3) is 2.56. The molecule has 0 saturated heterocycles. The van der Waals surface area contributed by atoms with Crippen molar-refractivity contribution in [1.29, 1.82) is 0 Å². The van der Waals surface area contributed by atoms with Crippen LogP contribution in [0, 0.1) is 0 Å². The molecule has 0 saturated carbocycles. The zero-order valence-corrected chi connectivity index (χ0v) is 12.4. The Morgan fingerprint density at radius 3 is 2.63 bits per heavy atom. The minimum atomic E-state index is -0.907. The number of nitrogens with zero attached hydrogens (tertiary/aromatic N) is 2. The van der Waals surface area contributed by atoms with Crippen molar-refractivity contribution in [3.8, 4) is 5.69 Å². The summed E-state index contributed by atoms with van der Waals surface area (Å²) in [5, 5.41) is 13.8. The number of halogens is 1. The van der Waals surface area contributed by atoms with Gasteiger partial charge >= 0.3 is 5.97 Å². The summed E-state index contributed by atoms with van der Waals surface area (Å²) >= 11 is 3.42. The van der Waals surface area contributed by atoms with E-state index in [4.69, 9.17) is 0 Å². The fourth-order valence-electron chi connectivity index (χ4n) is 2.15. The van der Waals surface area contributed by atoms with Crippen molar-refractivity contribution < 1.29 is 9.90 Å². The van der Waals surface area contributed by atoms with Crippen LogP contribution < -0.4 is 0 Å². The predicted molar refractivity (Wildman–Crippen MR) is 77.0 cm³/mol. The molecule has 1 heterocycles. The van der Waals surface area contributed by atoms with Crippen LogP contribution in [-0.4, -0.2) is 20.9 Å². The molecular weight excluding hydrogens is 308 g/mol. The summed E-state index contributed by atoms with van der Waals surface area (Å²) in [5.41, 5.74) is 2.57. The molecule has 0 bridgehead atoms. The molecule has 5 heteroatoms. The zero-order valence-electron chi connectivity index (χ0n) is 10.9. The van der Waals surface area contributed by atoms with E-state index in [9.17, 15) is 9.90 Å². The molecule has 4 nitrogen and oxygen atoms in total. The minimum Gasteiger partial charge on any atom is -0.478 e. The van der Waals surface area contributed by atoms with Gasteiger partial charge in [0.05, 0.1) is 17.1 Å². The van der Waals surface area contributed by atoms with Gasteiger partial charge in [0.25, 0.3) is 0 Å². The Hall–Kier alpha value is -1.62. The van der Waals surface area contributed by atoms with Gasteiger partial charge < -0.3 is 5.11 Å². The summed E-state index contributed by atoms with van der Waals surface area (Å²) in [7, 11) is 0. The van der Waals surface area contributed by atoms with Crippen LogP contribution in [0.4, 0.5) is 0 Å². The SMILES string of the molecule is CCc1nn(-c2cccc(Br)c2)c(CC)c1C(=O)O. The first-order chi connectivity index (χ1) is 9.08. The normalized spacial score (nSPS) is 10.7. The molecule has 100 valence electrons. The van der Waals surface area contributed by atoms with Gasteiger partial charge in [-0.15, -0.1) is 0 Å². The van der Waals surface area contributed by atoms with Crippen molar-refractivity contribution in [2.75, 3.05) is 0 Å². The summed E-state index contributed by atoms with van der Waals surface area (Å²) in [6.07, 6.45) is 1.23. The molecule has 0 amide bonds. The lowest BCUT2D eigenvalue weighted by Crippen LogP contribution is -2.06. The van der Waals surface area contributed by atoms with E-state index in [1.807, 2.05) is 38.1 Å². The Balaban J connectivity index is 2.67. The number of aromatic carboxylic acids is 1. The lowest BCUT2D eigenvalue weighted by Gasteiger charge is -2.06. The highest BCUT2D eigenvalue weighted by molar-refractivity contribution is 9.10. The second-order valence-electron chi connectivity index (χ2n) is 4.17. The monoisotopic (exact) mass is 322 g/mol. The molecule has 1 aromatic heterocycles. The van der Waals surface area contributed by atoms with E-state index in [1.54, 1.807) is 4.68 Å². The van der Waals surface area contributed by atoms with E-state index in [1.165, 1.54) is 0 Å². The van der Waals surface area contributed by atoms with Crippen LogP contribution in [0.5, 0.6) is 0 Å². The number of benzene rings is 1. The van der Waals surface area contributed by atoms with E-state index in [0.717, 1.165) is 15.9 Å². The van der Waals surface area contributed by atoms with Gasteiger partial charge in [0.15, 0.2) is 0 Å². The van der Waals surface area contributed by atoms with Crippen LogP contribution in [0.15, 0.2) is 28.7 Å². The molecule has 0 aliphatic carbocycles. The first kappa shape index (κ1) is 13.8. The third-order valence-electron chi connectivity index (χ3n) is 2.99. The summed E-state index contributed by atoms with van der Waals surface area (Å²) in [5.74, 6) is -0.907. The number of hydrogen-bond acceptors (Lipinski definition) is 2. The lowest BCUT2D eigenvalue weighted by molar-refractivity contribution is 0.0694. The molecule has 2 rings (SSSR count). The van der Waals surface area contributed by atoms with Gasteiger partial charge in [0.1, 0.15) is 5.56 Å². The van der Waals surface area contributed by atoms with Crippen LogP contribution in [0.3, 0.4) is 0 Å². The molecule has 1 aromatic carbocycles. The van der Waals surface area contributed by atoms with Crippen LogP contribution in [0.1, 0.15) is 35.6 Å². The second-order valence-corrected chi connectivity index (χ2v) is 5.09. The smallest absolute Gasteiger partial charge is 0.339 e. The molecule has 2 aromatic rings. The molecule has 0 aliphatic rings. The molecule has 0 radical (unpaired) electrons. The molecule has 0 aliphatic heterocycles. The number of carbonyl (C=O) groups is 1. The van der Waals surface area contributed by atoms with Crippen molar-refractivity contribution in [1.82, 2.24) is 9.78 Å². The van der Waals surface area contributed by atoms with Crippen LogP contribution in [-0.2, 0) is 12.8 Å². The van der Waals surface area contributed by atoms with E-state index >= 15 is 0 Å². The number of aromatic nitrogens is 2. The molecule has 0 atom stereocenters. The number of carboxylic acid groups (broad SMARTS) is 1. The number of carboxylic acids is 1. The summed E-state index contributed by atoms with van der Waals surface area (Å²) < 4.78 is 2.67. The van der Waals surface area contributed by atoms with Crippen molar-refractivity contribution in [2.24, 2.45) is 0 Å². The van der Waals surface area contributed by atoms with Gasteiger partial charge in [-0.3, -0.25) is 0 Å². The topological polar surface area (TPSA) is 55.1 Å². The maximum absolute atomic E-state index is 11.4.